The summed E-state index contributed by atoms with van der Waals surface area (Å²) in [7, 11) is 1.67. The molecule has 0 unspecified atom stereocenters. The number of halogens is 1. The van der Waals surface area contributed by atoms with Crippen molar-refractivity contribution in [2.75, 3.05) is 46.5 Å². The first-order valence-corrected chi connectivity index (χ1v) is 13.9. The van der Waals surface area contributed by atoms with Crippen molar-refractivity contribution < 1.29 is 33.0 Å². The number of para-hydroxylation sites is 1. The van der Waals surface area contributed by atoms with E-state index >= 15 is 0 Å². The minimum atomic E-state index is -1.18. The van der Waals surface area contributed by atoms with Crippen LogP contribution in [0.1, 0.15) is 48.0 Å². The first-order valence-electron chi connectivity index (χ1n) is 13.9. The molecule has 10 nitrogen and oxygen atoms in total. The Labute approximate surface area is 238 Å². The van der Waals surface area contributed by atoms with E-state index in [1.807, 2.05) is 6.07 Å². The van der Waals surface area contributed by atoms with Crippen LogP contribution in [0.25, 0.3) is 0 Å². The highest BCUT2D eigenvalue weighted by Gasteiger charge is 2.36. The van der Waals surface area contributed by atoms with Gasteiger partial charge in [-0.1, -0.05) is 24.3 Å². The van der Waals surface area contributed by atoms with Crippen LogP contribution in [0.2, 0.25) is 0 Å². The van der Waals surface area contributed by atoms with E-state index in [0.717, 1.165) is 5.56 Å². The maximum Gasteiger partial charge on any atom is 0.255 e. The molecule has 2 aliphatic heterocycles. The second-order valence-corrected chi connectivity index (χ2v) is 10.5. The topological polar surface area (TPSA) is 126 Å². The molecule has 0 bridgehead atoms. The fourth-order valence-corrected chi connectivity index (χ4v) is 5.09. The SMILES string of the molecule is CN1CCOc2ccccc2C(=O)N[C@H](C(=O)NCC2(c3cccc(F)c3)CCOCC2)CC(=O)NCCCC1=O. The van der Waals surface area contributed by atoms with Gasteiger partial charge in [-0.05, 0) is 49.1 Å². The lowest BCUT2D eigenvalue weighted by Crippen LogP contribution is -2.52. The molecule has 2 heterocycles. The summed E-state index contributed by atoms with van der Waals surface area (Å²) in [6.45, 7) is 1.86. The molecule has 2 aliphatic rings. The lowest BCUT2D eigenvalue weighted by molar-refractivity contribution is -0.130. The third kappa shape index (κ3) is 8.03. The molecular formula is C30H37FN4O6. The predicted octanol–water partition coefficient (Wildman–Crippen LogP) is 1.93. The van der Waals surface area contributed by atoms with E-state index in [9.17, 15) is 23.6 Å². The molecule has 1 atom stereocenters. The number of fused-ring (bicyclic) bond motifs is 1. The van der Waals surface area contributed by atoms with E-state index in [-0.39, 0.29) is 49.8 Å². The molecule has 0 aliphatic carbocycles. The summed E-state index contributed by atoms with van der Waals surface area (Å²) in [4.78, 5) is 53.6. The largest absolute Gasteiger partial charge is 0.491 e. The molecule has 1 fully saturated rings. The normalized spacial score (nSPS) is 20.7. The Morgan fingerprint density at radius 2 is 1.88 bits per heavy atom. The van der Waals surface area contributed by atoms with E-state index < -0.39 is 29.2 Å². The Bertz CT molecular complexity index is 1250. The van der Waals surface area contributed by atoms with E-state index in [4.69, 9.17) is 9.47 Å². The van der Waals surface area contributed by atoms with Gasteiger partial charge in [0.25, 0.3) is 5.91 Å². The standard InChI is InChI=1S/C30H37FN4O6/c1-35-14-17-41-25-9-3-2-8-23(25)28(38)34-24(19-26(36)32-13-5-10-27(35)37)29(39)33-20-30(11-15-40-16-12-30)21-6-4-7-22(31)18-21/h2-4,6-9,18,24H,5,10-17,19-20H2,1H3,(H,32,36)(H,33,39)(H,34,38)/t24-/m0/s1. The summed E-state index contributed by atoms with van der Waals surface area (Å²) in [5.74, 6) is -1.69. The molecular weight excluding hydrogens is 531 g/mol. The van der Waals surface area contributed by atoms with Gasteiger partial charge in [0.05, 0.1) is 18.5 Å². The van der Waals surface area contributed by atoms with Crippen LogP contribution >= 0.6 is 0 Å². The van der Waals surface area contributed by atoms with Gasteiger partial charge in [0.2, 0.25) is 17.7 Å². The van der Waals surface area contributed by atoms with Gasteiger partial charge in [0, 0.05) is 45.2 Å². The van der Waals surface area contributed by atoms with Gasteiger partial charge in [0.15, 0.2) is 0 Å². The Balaban J connectivity index is 1.54. The predicted molar refractivity (Wildman–Crippen MR) is 149 cm³/mol. The van der Waals surface area contributed by atoms with Crippen molar-refractivity contribution in [1.82, 2.24) is 20.9 Å². The van der Waals surface area contributed by atoms with Gasteiger partial charge in [-0.3, -0.25) is 19.2 Å². The lowest BCUT2D eigenvalue weighted by atomic mass is 9.74. The zero-order valence-electron chi connectivity index (χ0n) is 23.2. The van der Waals surface area contributed by atoms with Crippen molar-refractivity contribution in [2.45, 2.75) is 43.6 Å². The van der Waals surface area contributed by atoms with E-state index in [1.165, 1.54) is 12.1 Å². The molecule has 0 spiro atoms. The number of amides is 4. The zero-order valence-corrected chi connectivity index (χ0v) is 23.2. The van der Waals surface area contributed by atoms with Crippen molar-refractivity contribution in [1.29, 1.82) is 0 Å². The number of rotatable bonds is 4. The number of likely N-dealkylation sites (N-methyl/N-ethyl adjacent to an activating group) is 1. The van der Waals surface area contributed by atoms with Gasteiger partial charge in [-0.15, -0.1) is 0 Å². The zero-order chi connectivity index (χ0) is 29.2. The molecule has 4 amide bonds. The monoisotopic (exact) mass is 568 g/mol. The number of carbonyl (C=O) groups is 4. The summed E-state index contributed by atoms with van der Waals surface area (Å²) in [5.41, 5.74) is 0.403. The summed E-state index contributed by atoms with van der Waals surface area (Å²) >= 11 is 0. The van der Waals surface area contributed by atoms with Gasteiger partial charge >= 0.3 is 0 Å². The number of nitrogens with one attached hydrogen (secondary N) is 3. The highest BCUT2D eigenvalue weighted by molar-refractivity contribution is 6.00. The van der Waals surface area contributed by atoms with Crippen LogP contribution < -0.4 is 20.7 Å². The molecule has 41 heavy (non-hydrogen) atoms. The molecule has 0 aromatic heterocycles. The third-order valence-corrected chi connectivity index (χ3v) is 7.63. The van der Waals surface area contributed by atoms with Gasteiger partial charge < -0.3 is 30.3 Å². The van der Waals surface area contributed by atoms with Crippen LogP contribution in [-0.2, 0) is 24.5 Å². The van der Waals surface area contributed by atoms with Crippen LogP contribution in [0.5, 0.6) is 5.75 Å². The van der Waals surface area contributed by atoms with Crippen molar-refractivity contribution in [3.63, 3.8) is 0 Å². The first kappa shape index (κ1) is 30.0. The van der Waals surface area contributed by atoms with E-state index in [2.05, 4.69) is 16.0 Å². The summed E-state index contributed by atoms with van der Waals surface area (Å²) in [6, 6.07) is 11.7. The van der Waals surface area contributed by atoms with Crippen LogP contribution in [0.15, 0.2) is 48.5 Å². The minimum absolute atomic E-state index is 0.0847. The fraction of sp³-hybridized carbons (Fsp3) is 0.467. The Morgan fingerprint density at radius 1 is 1.10 bits per heavy atom. The fourth-order valence-electron chi connectivity index (χ4n) is 5.09. The summed E-state index contributed by atoms with van der Waals surface area (Å²) < 4.78 is 25.5. The molecule has 3 N–H and O–H groups in total. The maximum absolute atomic E-state index is 14.1. The van der Waals surface area contributed by atoms with Gasteiger partial charge in [-0.2, -0.15) is 0 Å². The molecule has 0 saturated carbocycles. The highest BCUT2D eigenvalue weighted by atomic mass is 19.1. The number of hydrogen-bond acceptors (Lipinski definition) is 6. The third-order valence-electron chi connectivity index (χ3n) is 7.63. The van der Waals surface area contributed by atoms with Crippen molar-refractivity contribution in [2.24, 2.45) is 0 Å². The highest BCUT2D eigenvalue weighted by Crippen LogP contribution is 2.34. The van der Waals surface area contributed by atoms with E-state index in [1.54, 1.807) is 42.3 Å². The number of carbonyl (C=O) groups excluding carboxylic acids is 4. The average Bonchev–Trinajstić information content (AvgIpc) is 2.97. The van der Waals surface area contributed by atoms with Gasteiger partial charge in [-0.25, -0.2) is 4.39 Å². The molecule has 11 heteroatoms. The Morgan fingerprint density at radius 3 is 2.66 bits per heavy atom. The average molecular weight is 569 g/mol. The molecule has 2 aromatic rings. The molecule has 220 valence electrons. The molecule has 2 aromatic carbocycles. The maximum atomic E-state index is 14.1. The lowest BCUT2D eigenvalue weighted by Gasteiger charge is -2.38. The van der Waals surface area contributed by atoms with Crippen molar-refractivity contribution >= 4 is 23.6 Å². The Kier molecular flexibility index (Phi) is 10.3. The minimum Gasteiger partial charge on any atom is -0.491 e. The van der Waals surface area contributed by atoms with Crippen molar-refractivity contribution in [3.8, 4) is 5.75 Å². The number of hydrogen-bond donors (Lipinski definition) is 3. The molecule has 4 rings (SSSR count). The number of nitrogens with zero attached hydrogens (tertiary/aromatic N) is 1. The smallest absolute Gasteiger partial charge is 0.255 e. The van der Waals surface area contributed by atoms with Gasteiger partial charge in [0.1, 0.15) is 24.2 Å². The summed E-state index contributed by atoms with van der Waals surface area (Å²) in [6.07, 6.45) is 1.53. The molecule has 0 radical (unpaired) electrons. The number of benzene rings is 2. The quantitative estimate of drug-likeness (QED) is 0.518. The second-order valence-electron chi connectivity index (χ2n) is 10.5. The first-order chi connectivity index (χ1) is 19.8. The van der Waals surface area contributed by atoms with Crippen LogP contribution in [0, 0.1) is 5.82 Å². The summed E-state index contributed by atoms with van der Waals surface area (Å²) in [5, 5.41) is 8.37. The van der Waals surface area contributed by atoms with Crippen LogP contribution in [-0.4, -0.2) is 81.1 Å². The van der Waals surface area contributed by atoms with Crippen LogP contribution in [0.4, 0.5) is 4.39 Å². The Hall–Kier alpha value is -3.99. The second kappa shape index (κ2) is 14.1. The van der Waals surface area contributed by atoms with Crippen LogP contribution in [0.3, 0.4) is 0 Å². The van der Waals surface area contributed by atoms with E-state index in [0.29, 0.717) is 44.8 Å². The molecule has 1 saturated heterocycles. The van der Waals surface area contributed by atoms with Crippen molar-refractivity contribution in [3.05, 3.63) is 65.5 Å². The number of ether oxygens (including phenoxy) is 2.